The molecule has 21 heavy (non-hydrogen) atoms. The number of thiophene rings is 1. The number of rotatable bonds is 5. The molecule has 3 rings (SSSR count). The number of aromatic nitrogens is 2. The van der Waals surface area contributed by atoms with Gasteiger partial charge in [-0.3, -0.25) is 5.41 Å². The average molecular weight is 296 g/mol. The Labute approximate surface area is 127 Å². The van der Waals surface area contributed by atoms with Crippen molar-refractivity contribution in [1.29, 1.82) is 5.41 Å². The van der Waals surface area contributed by atoms with Crippen LogP contribution < -0.4 is 5.73 Å². The molecule has 0 aliphatic heterocycles. The first-order valence-electron chi connectivity index (χ1n) is 6.69. The zero-order valence-corrected chi connectivity index (χ0v) is 12.3. The highest BCUT2D eigenvalue weighted by Gasteiger charge is 2.17. The molecule has 0 amide bonds. The van der Waals surface area contributed by atoms with Crippen LogP contribution in [0.2, 0.25) is 0 Å². The Morgan fingerprint density at radius 2 is 2.05 bits per heavy atom. The van der Waals surface area contributed by atoms with Gasteiger partial charge in [0, 0.05) is 18.9 Å². The van der Waals surface area contributed by atoms with E-state index in [9.17, 15) is 0 Å². The van der Waals surface area contributed by atoms with Gasteiger partial charge in [-0.25, -0.2) is 4.98 Å². The topological polar surface area (TPSA) is 67.7 Å². The molecule has 0 aliphatic carbocycles. The van der Waals surface area contributed by atoms with Crippen LogP contribution in [0.5, 0.6) is 0 Å². The van der Waals surface area contributed by atoms with Crippen molar-refractivity contribution in [3.05, 3.63) is 65.8 Å². The molecule has 0 aliphatic rings. The van der Waals surface area contributed by atoms with E-state index in [2.05, 4.69) is 15.6 Å². The molecule has 1 aromatic carbocycles. The quantitative estimate of drug-likeness (QED) is 0.560. The molecule has 2 aromatic heterocycles. The smallest absolute Gasteiger partial charge is 0.150 e. The Bertz CT molecular complexity index is 716. The Kier molecular flexibility index (Phi) is 3.83. The van der Waals surface area contributed by atoms with Crippen LogP contribution in [0.3, 0.4) is 0 Å². The number of nitrogens with two attached hydrogens (primary N) is 1. The molecular weight excluding hydrogens is 280 g/mol. The Morgan fingerprint density at radius 3 is 2.71 bits per heavy atom. The van der Waals surface area contributed by atoms with E-state index < -0.39 is 0 Å². The molecule has 106 valence electrons. The van der Waals surface area contributed by atoms with E-state index in [0.29, 0.717) is 6.54 Å². The van der Waals surface area contributed by atoms with Gasteiger partial charge >= 0.3 is 0 Å². The SMILES string of the molecule is N=C(N)C(Cn1ccnc1-c1cccs1)c1ccccc1. The first kappa shape index (κ1) is 13.6. The van der Waals surface area contributed by atoms with Gasteiger partial charge in [0.25, 0.3) is 0 Å². The van der Waals surface area contributed by atoms with Gasteiger partial charge in [0.05, 0.1) is 16.6 Å². The maximum Gasteiger partial charge on any atom is 0.150 e. The van der Waals surface area contributed by atoms with Crippen LogP contribution in [0, 0.1) is 5.41 Å². The normalized spacial score (nSPS) is 12.2. The van der Waals surface area contributed by atoms with Crippen molar-refractivity contribution in [2.24, 2.45) is 5.73 Å². The minimum absolute atomic E-state index is 0.140. The van der Waals surface area contributed by atoms with Gasteiger partial charge in [-0.1, -0.05) is 36.4 Å². The summed E-state index contributed by atoms with van der Waals surface area (Å²) in [6.45, 7) is 0.618. The van der Waals surface area contributed by atoms with Gasteiger partial charge in [0.1, 0.15) is 5.82 Å². The number of hydrogen-bond acceptors (Lipinski definition) is 3. The molecule has 0 spiro atoms. The Balaban J connectivity index is 1.92. The number of amidine groups is 1. The Hall–Kier alpha value is -2.40. The predicted octanol–water partition coefficient (Wildman–Crippen LogP) is 3.33. The first-order chi connectivity index (χ1) is 10.3. The van der Waals surface area contributed by atoms with E-state index in [-0.39, 0.29) is 11.8 Å². The molecule has 0 saturated heterocycles. The summed E-state index contributed by atoms with van der Waals surface area (Å²) >= 11 is 1.66. The van der Waals surface area contributed by atoms with Crippen LogP contribution in [-0.4, -0.2) is 15.4 Å². The van der Waals surface area contributed by atoms with Crippen molar-refractivity contribution in [2.75, 3.05) is 0 Å². The van der Waals surface area contributed by atoms with E-state index in [4.69, 9.17) is 11.1 Å². The summed E-state index contributed by atoms with van der Waals surface area (Å²) in [7, 11) is 0. The minimum Gasteiger partial charge on any atom is -0.387 e. The lowest BCUT2D eigenvalue weighted by molar-refractivity contribution is 0.660. The predicted molar refractivity (Wildman–Crippen MR) is 86.6 cm³/mol. The van der Waals surface area contributed by atoms with Gasteiger partial charge in [0.2, 0.25) is 0 Å². The molecule has 0 saturated carbocycles. The molecule has 1 unspecified atom stereocenters. The second kappa shape index (κ2) is 5.93. The summed E-state index contributed by atoms with van der Waals surface area (Å²) in [6.07, 6.45) is 3.73. The second-order valence-electron chi connectivity index (χ2n) is 4.80. The maximum absolute atomic E-state index is 7.88. The summed E-state index contributed by atoms with van der Waals surface area (Å²) in [5.41, 5.74) is 6.86. The molecule has 2 heterocycles. The summed E-state index contributed by atoms with van der Waals surface area (Å²) in [5, 5.41) is 9.92. The Morgan fingerprint density at radius 1 is 1.24 bits per heavy atom. The average Bonchev–Trinajstić information content (AvgIpc) is 3.16. The first-order valence-corrected chi connectivity index (χ1v) is 7.57. The van der Waals surface area contributed by atoms with Crippen molar-refractivity contribution in [2.45, 2.75) is 12.5 Å². The third kappa shape index (κ3) is 2.87. The molecule has 1 atom stereocenters. The second-order valence-corrected chi connectivity index (χ2v) is 5.75. The molecule has 5 heteroatoms. The molecule has 3 N–H and O–H groups in total. The van der Waals surface area contributed by atoms with Crippen LogP contribution in [-0.2, 0) is 6.54 Å². The highest BCUT2D eigenvalue weighted by atomic mass is 32.1. The molecular formula is C16H16N4S. The monoisotopic (exact) mass is 296 g/mol. The van der Waals surface area contributed by atoms with Crippen molar-refractivity contribution < 1.29 is 0 Å². The third-order valence-corrected chi connectivity index (χ3v) is 4.28. The van der Waals surface area contributed by atoms with Gasteiger partial charge < -0.3 is 10.3 Å². The standard InChI is InChI=1S/C16H16N4S/c17-15(18)13(12-5-2-1-3-6-12)11-20-9-8-19-16(20)14-7-4-10-21-14/h1-10,13H,11H2,(H3,17,18). The molecule has 0 bridgehead atoms. The minimum atomic E-state index is -0.140. The maximum atomic E-state index is 7.88. The van der Waals surface area contributed by atoms with Crippen molar-refractivity contribution in [3.63, 3.8) is 0 Å². The molecule has 3 aromatic rings. The van der Waals surface area contributed by atoms with E-state index in [1.807, 2.05) is 48.0 Å². The van der Waals surface area contributed by atoms with Crippen LogP contribution in [0.25, 0.3) is 10.7 Å². The highest BCUT2D eigenvalue weighted by molar-refractivity contribution is 7.13. The fourth-order valence-electron chi connectivity index (χ4n) is 2.35. The lowest BCUT2D eigenvalue weighted by Crippen LogP contribution is -2.24. The lowest BCUT2D eigenvalue weighted by Gasteiger charge is -2.17. The van der Waals surface area contributed by atoms with Crippen LogP contribution in [0.15, 0.2) is 60.2 Å². The summed E-state index contributed by atoms with van der Waals surface area (Å²) in [6, 6.07) is 14.0. The number of imidazole rings is 1. The zero-order valence-electron chi connectivity index (χ0n) is 11.4. The molecule has 4 nitrogen and oxygen atoms in total. The summed E-state index contributed by atoms with van der Waals surface area (Å²) in [5.74, 6) is 0.957. The van der Waals surface area contributed by atoms with E-state index in [1.165, 1.54) is 0 Å². The van der Waals surface area contributed by atoms with Gasteiger partial charge in [-0.05, 0) is 17.0 Å². The van der Waals surface area contributed by atoms with E-state index >= 15 is 0 Å². The number of benzene rings is 1. The molecule has 0 fully saturated rings. The van der Waals surface area contributed by atoms with E-state index in [1.54, 1.807) is 17.5 Å². The fraction of sp³-hybridized carbons (Fsp3) is 0.125. The van der Waals surface area contributed by atoms with Crippen LogP contribution >= 0.6 is 11.3 Å². The number of nitrogens with zero attached hydrogens (tertiary/aromatic N) is 2. The van der Waals surface area contributed by atoms with Crippen LogP contribution in [0.4, 0.5) is 0 Å². The fourth-order valence-corrected chi connectivity index (χ4v) is 3.09. The highest BCUT2D eigenvalue weighted by Crippen LogP contribution is 2.25. The van der Waals surface area contributed by atoms with Crippen molar-refractivity contribution >= 4 is 17.2 Å². The summed E-state index contributed by atoms with van der Waals surface area (Å²) in [4.78, 5) is 5.55. The summed E-state index contributed by atoms with van der Waals surface area (Å²) < 4.78 is 2.06. The van der Waals surface area contributed by atoms with Gasteiger partial charge in [-0.2, -0.15) is 0 Å². The number of nitrogens with one attached hydrogen (secondary N) is 1. The van der Waals surface area contributed by atoms with Crippen LogP contribution in [0.1, 0.15) is 11.5 Å². The number of hydrogen-bond donors (Lipinski definition) is 2. The molecule has 0 radical (unpaired) electrons. The van der Waals surface area contributed by atoms with Gasteiger partial charge in [-0.15, -0.1) is 11.3 Å². The van der Waals surface area contributed by atoms with Gasteiger partial charge in [0.15, 0.2) is 0 Å². The zero-order chi connectivity index (χ0) is 14.7. The van der Waals surface area contributed by atoms with Crippen molar-refractivity contribution in [3.8, 4) is 10.7 Å². The largest absolute Gasteiger partial charge is 0.387 e. The lowest BCUT2D eigenvalue weighted by atomic mass is 9.98. The van der Waals surface area contributed by atoms with E-state index in [0.717, 1.165) is 16.3 Å². The third-order valence-electron chi connectivity index (χ3n) is 3.41. The van der Waals surface area contributed by atoms with Crippen molar-refractivity contribution in [1.82, 2.24) is 9.55 Å².